The van der Waals surface area contributed by atoms with Gasteiger partial charge in [-0.2, -0.15) is 0 Å². The van der Waals surface area contributed by atoms with Crippen molar-refractivity contribution in [3.8, 4) is 0 Å². The predicted octanol–water partition coefficient (Wildman–Crippen LogP) is 3.39. The molecule has 3 atom stereocenters. The van der Waals surface area contributed by atoms with Crippen LogP contribution < -0.4 is 5.32 Å². The van der Waals surface area contributed by atoms with Crippen molar-refractivity contribution in [2.45, 2.75) is 52.6 Å². The van der Waals surface area contributed by atoms with Gasteiger partial charge < -0.3 is 5.32 Å². The minimum absolute atomic E-state index is 0.465. The van der Waals surface area contributed by atoms with Crippen LogP contribution in [-0.4, -0.2) is 11.0 Å². The topological polar surface area (TPSA) is 24.9 Å². The summed E-state index contributed by atoms with van der Waals surface area (Å²) >= 11 is 0. The van der Waals surface area contributed by atoms with E-state index in [9.17, 15) is 0 Å². The number of nitrogens with one attached hydrogen (secondary N) is 1. The van der Waals surface area contributed by atoms with Crippen molar-refractivity contribution in [3.05, 3.63) is 30.1 Å². The van der Waals surface area contributed by atoms with Gasteiger partial charge in [0.05, 0.1) is 5.69 Å². The van der Waals surface area contributed by atoms with Gasteiger partial charge in [0.1, 0.15) is 0 Å². The summed E-state index contributed by atoms with van der Waals surface area (Å²) in [6.45, 7) is 8.32. The predicted molar refractivity (Wildman–Crippen MR) is 74.1 cm³/mol. The largest absolute Gasteiger partial charge is 0.308 e. The molecule has 1 aromatic rings. The van der Waals surface area contributed by atoms with Crippen LogP contribution in [0.15, 0.2) is 24.4 Å². The van der Waals surface area contributed by atoms with E-state index in [0.29, 0.717) is 16.9 Å². The number of nitrogens with zero attached hydrogens (tertiary/aromatic N) is 1. The molecule has 18 heavy (non-hydrogen) atoms. The van der Waals surface area contributed by atoms with Gasteiger partial charge in [-0.1, -0.05) is 26.8 Å². The number of pyridine rings is 1. The fraction of sp³-hybridized carbons (Fsp3) is 0.688. The molecule has 0 aromatic carbocycles. The van der Waals surface area contributed by atoms with Crippen molar-refractivity contribution < 1.29 is 0 Å². The zero-order chi connectivity index (χ0) is 12.8. The van der Waals surface area contributed by atoms with Crippen molar-refractivity contribution in [2.24, 2.45) is 16.7 Å². The summed E-state index contributed by atoms with van der Waals surface area (Å²) in [5.74, 6) is 0.906. The Hall–Kier alpha value is -0.890. The first-order valence-corrected chi connectivity index (χ1v) is 7.17. The van der Waals surface area contributed by atoms with Crippen molar-refractivity contribution in [1.82, 2.24) is 10.3 Å². The highest BCUT2D eigenvalue weighted by atomic mass is 15.0. The lowest BCUT2D eigenvalue weighted by Gasteiger charge is -2.39. The maximum atomic E-state index is 4.40. The fourth-order valence-electron chi connectivity index (χ4n) is 4.24. The van der Waals surface area contributed by atoms with Gasteiger partial charge in [0.15, 0.2) is 0 Å². The van der Waals surface area contributed by atoms with Gasteiger partial charge in [-0.05, 0) is 48.1 Å². The van der Waals surface area contributed by atoms with Crippen molar-refractivity contribution in [1.29, 1.82) is 0 Å². The van der Waals surface area contributed by atoms with Crippen molar-refractivity contribution >= 4 is 0 Å². The second-order valence-corrected chi connectivity index (χ2v) is 6.87. The monoisotopic (exact) mass is 244 g/mol. The Morgan fingerprint density at radius 2 is 2.17 bits per heavy atom. The molecule has 1 aromatic heterocycles. The second kappa shape index (κ2) is 4.06. The molecule has 98 valence electrons. The van der Waals surface area contributed by atoms with E-state index < -0.39 is 0 Å². The molecule has 0 saturated heterocycles. The number of hydrogen-bond acceptors (Lipinski definition) is 2. The molecule has 1 heterocycles. The Morgan fingerprint density at radius 1 is 1.33 bits per heavy atom. The molecule has 3 rings (SSSR count). The Balaban J connectivity index is 1.69. The molecule has 2 bridgehead atoms. The fourth-order valence-corrected chi connectivity index (χ4v) is 4.24. The van der Waals surface area contributed by atoms with Gasteiger partial charge in [-0.25, -0.2) is 0 Å². The van der Waals surface area contributed by atoms with Gasteiger partial charge in [-0.3, -0.25) is 4.98 Å². The van der Waals surface area contributed by atoms with Gasteiger partial charge in [0.2, 0.25) is 0 Å². The maximum absolute atomic E-state index is 4.40. The van der Waals surface area contributed by atoms with E-state index in [2.05, 4.69) is 43.2 Å². The Labute approximate surface area is 110 Å². The average molecular weight is 244 g/mol. The lowest BCUT2D eigenvalue weighted by molar-refractivity contribution is 0.120. The van der Waals surface area contributed by atoms with Crippen LogP contribution in [0.4, 0.5) is 0 Å². The first kappa shape index (κ1) is 12.2. The molecule has 1 unspecified atom stereocenters. The summed E-state index contributed by atoms with van der Waals surface area (Å²) in [6, 6.07) is 6.81. The normalized spacial score (nSPS) is 37.1. The lowest BCUT2D eigenvalue weighted by Crippen LogP contribution is -2.44. The summed E-state index contributed by atoms with van der Waals surface area (Å²) in [6.07, 6.45) is 6.02. The number of rotatable bonds is 3. The molecule has 2 fully saturated rings. The van der Waals surface area contributed by atoms with Crippen LogP contribution in [0, 0.1) is 16.7 Å². The Kier molecular flexibility index (Phi) is 2.74. The molecule has 2 aliphatic rings. The van der Waals surface area contributed by atoms with Crippen molar-refractivity contribution in [3.63, 3.8) is 0 Å². The van der Waals surface area contributed by atoms with E-state index >= 15 is 0 Å². The molecule has 2 nitrogen and oxygen atoms in total. The van der Waals surface area contributed by atoms with Crippen LogP contribution in [0.5, 0.6) is 0 Å². The molecule has 2 saturated carbocycles. The molecule has 0 amide bonds. The first-order valence-electron chi connectivity index (χ1n) is 7.17. The standard InChI is InChI=1S/C16H24N2/c1-15(2)12-7-8-16(15,3)14(10-12)18-11-13-6-4-5-9-17-13/h4-6,9,12,14,18H,7-8,10-11H2,1-3H3/t12-,14+,16?/m1/s1. The third-order valence-corrected chi connectivity index (χ3v) is 6.05. The summed E-state index contributed by atoms with van der Waals surface area (Å²) in [5.41, 5.74) is 2.11. The van der Waals surface area contributed by atoms with Gasteiger partial charge in [0, 0.05) is 18.8 Å². The summed E-state index contributed by atoms with van der Waals surface area (Å²) in [5, 5.41) is 3.76. The highest BCUT2D eigenvalue weighted by Gasteiger charge is 2.60. The van der Waals surface area contributed by atoms with Crippen LogP contribution in [0.25, 0.3) is 0 Å². The van der Waals surface area contributed by atoms with E-state index in [0.717, 1.165) is 18.2 Å². The summed E-state index contributed by atoms with van der Waals surface area (Å²) in [7, 11) is 0. The van der Waals surface area contributed by atoms with Gasteiger partial charge in [0.25, 0.3) is 0 Å². The zero-order valence-electron chi connectivity index (χ0n) is 11.7. The second-order valence-electron chi connectivity index (χ2n) is 6.87. The van der Waals surface area contributed by atoms with E-state index in [1.807, 2.05) is 12.3 Å². The number of fused-ring (bicyclic) bond motifs is 2. The molecule has 2 heteroatoms. The van der Waals surface area contributed by atoms with E-state index in [1.54, 1.807) is 0 Å². The smallest absolute Gasteiger partial charge is 0.0541 e. The third-order valence-electron chi connectivity index (χ3n) is 6.05. The Bertz CT molecular complexity index is 426. The minimum atomic E-state index is 0.465. The zero-order valence-corrected chi connectivity index (χ0v) is 11.7. The van der Waals surface area contributed by atoms with Crippen LogP contribution in [0.3, 0.4) is 0 Å². The highest BCUT2D eigenvalue weighted by molar-refractivity contribution is 5.13. The maximum Gasteiger partial charge on any atom is 0.0541 e. The van der Waals surface area contributed by atoms with Crippen LogP contribution in [-0.2, 0) is 6.54 Å². The summed E-state index contributed by atoms with van der Waals surface area (Å²) in [4.78, 5) is 4.40. The molecular weight excluding hydrogens is 220 g/mol. The van der Waals surface area contributed by atoms with Gasteiger partial charge >= 0.3 is 0 Å². The molecule has 0 radical (unpaired) electrons. The first-order chi connectivity index (χ1) is 8.54. The quantitative estimate of drug-likeness (QED) is 0.881. The average Bonchev–Trinajstić information content (AvgIpc) is 2.70. The SMILES string of the molecule is CC1(C)[C@@H]2CCC1(C)[C@@H](NCc1ccccn1)C2. The van der Waals surface area contributed by atoms with E-state index in [1.165, 1.54) is 19.3 Å². The van der Waals surface area contributed by atoms with E-state index in [-0.39, 0.29) is 0 Å². The highest BCUT2D eigenvalue weighted by Crippen LogP contribution is 2.65. The number of aromatic nitrogens is 1. The molecular formula is C16H24N2. The minimum Gasteiger partial charge on any atom is -0.308 e. The molecule has 0 aliphatic heterocycles. The Morgan fingerprint density at radius 3 is 2.72 bits per heavy atom. The number of hydrogen-bond donors (Lipinski definition) is 1. The third kappa shape index (κ3) is 1.62. The molecule has 2 aliphatic carbocycles. The van der Waals surface area contributed by atoms with E-state index in [4.69, 9.17) is 0 Å². The van der Waals surface area contributed by atoms with Crippen molar-refractivity contribution in [2.75, 3.05) is 0 Å². The molecule has 1 N–H and O–H groups in total. The van der Waals surface area contributed by atoms with Crippen LogP contribution in [0.2, 0.25) is 0 Å². The molecule has 0 spiro atoms. The summed E-state index contributed by atoms with van der Waals surface area (Å²) < 4.78 is 0. The van der Waals surface area contributed by atoms with Gasteiger partial charge in [-0.15, -0.1) is 0 Å². The lowest BCUT2D eigenvalue weighted by atomic mass is 9.69. The van der Waals surface area contributed by atoms with Crippen LogP contribution >= 0.6 is 0 Å². The van der Waals surface area contributed by atoms with Crippen LogP contribution in [0.1, 0.15) is 45.7 Å².